The van der Waals surface area contributed by atoms with Crippen LogP contribution in [0.1, 0.15) is 25.6 Å². The van der Waals surface area contributed by atoms with Gasteiger partial charge in [0.2, 0.25) is 0 Å². The van der Waals surface area contributed by atoms with Gasteiger partial charge in [-0.15, -0.1) is 0 Å². The molecule has 0 aliphatic carbocycles. The number of rotatable bonds is 5. The van der Waals surface area contributed by atoms with Crippen molar-refractivity contribution in [1.82, 2.24) is 19.5 Å². The first kappa shape index (κ1) is 24.2. The average molecular weight is 542 g/mol. The van der Waals surface area contributed by atoms with Crippen LogP contribution in [0.5, 0.6) is 11.5 Å². The molecule has 0 N–H and O–H groups in total. The van der Waals surface area contributed by atoms with Gasteiger partial charge in [0.15, 0.2) is 23.5 Å². The van der Waals surface area contributed by atoms with Crippen molar-refractivity contribution in [1.29, 1.82) is 5.26 Å². The fraction of sp³-hybridized carbons (Fsp3) is 0.360. The van der Waals surface area contributed by atoms with Gasteiger partial charge >= 0.3 is 0 Å². The highest BCUT2D eigenvalue weighted by molar-refractivity contribution is 6.36. The molecule has 2 saturated heterocycles. The summed E-state index contributed by atoms with van der Waals surface area (Å²) >= 11 is 12.6. The summed E-state index contributed by atoms with van der Waals surface area (Å²) in [6, 6.07) is 7.30. The van der Waals surface area contributed by atoms with Crippen LogP contribution in [0.4, 0.5) is 0 Å². The number of fused-ring (bicyclic) bond motifs is 3. The number of aromatic nitrogens is 4. The van der Waals surface area contributed by atoms with Gasteiger partial charge in [0.05, 0.1) is 28.6 Å². The van der Waals surface area contributed by atoms with Gasteiger partial charge in [-0.3, -0.25) is 4.98 Å². The third-order valence-electron chi connectivity index (χ3n) is 6.47. The first-order valence-electron chi connectivity index (χ1n) is 11.5. The zero-order valence-corrected chi connectivity index (χ0v) is 21.5. The van der Waals surface area contributed by atoms with Crippen LogP contribution < -0.4 is 9.47 Å². The summed E-state index contributed by atoms with van der Waals surface area (Å²) in [6.45, 7) is 3.88. The fourth-order valence-corrected chi connectivity index (χ4v) is 5.29. The molecule has 12 heteroatoms. The van der Waals surface area contributed by atoms with Gasteiger partial charge in [-0.05, 0) is 26.0 Å². The minimum atomic E-state index is -0.801. The number of benzene rings is 1. The monoisotopic (exact) mass is 541 g/mol. The molecule has 6 rings (SSSR count). The summed E-state index contributed by atoms with van der Waals surface area (Å²) in [7, 11) is 1.53. The molecule has 2 aliphatic heterocycles. The molecule has 0 amide bonds. The van der Waals surface area contributed by atoms with E-state index in [1.54, 1.807) is 12.1 Å². The van der Waals surface area contributed by atoms with E-state index in [4.69, 9.17) is 46.9 Å². The van der Waals surface area contributed by atoms with Crippen molar-refractivity contribution in [2.24, 2.45) is 0 Å². The highest BCUT2D eigenvalue weighted by Gasteiger charge is 2.56. The number of ether oxygens (including phenoxy) is 5. The van der Waals surface area contributed by atoms with Crippen LogP contribution >= 0.6 is 23.2 Å². The maximum absolute atomic E-state index is 9.26. The van der Waals surface area contributed by atoms with Crippen LogP contribution in [-0.2, 0) is 14.2 Å². The lowest BCUT2D eigenvalue weighted by Gasteiger charge is -2.25. The van der Waals surface area contributed by atoms with E-state index in [-0.39, 0.29) is 12.2 Å². The Morgan fingerprint density at radius 1 is 1.11 bits per heavy atom. The van der Waals surface area contributed by atoms with Crippen LogP contribution in [-0.4, -0.2) is 57.3 Å². The second kappa shape index (κ2) is 8.97. The van der Waals surface area contributed by atoms with Gasteiger partial charge in [0.1, 0.15) is 48.1 Å². The zero-order valence-electron chi connectivity index (χ0n) is 20.0. The summed E-state index contributed by atoms with van der Waals surface area (Å²) in [5.74, 6) is 0.102. The van der Waals surface area contributed by atoms with Crippen LogP contribution in [0, 0.1) is 11.3 Å². The summed E-state index contributed by atoms with van der Waals surface area (Å²) in [5, 5.41) is 11.2. The van der Waals surface area contributed by atoms with Crippen molar-refractivity contribution < 1.29 is 23.7 Å². The van der Waals surface area contributed by atoms with Gasteiger partial charge in [0, 0.05) is 23.8 Å². The molecule has 4 atom stereocenters. The van der Waals surface area contributed by atoms with Gasteiger partial charge in [-0.2, -0.15) is 5.26 Å². The van der Waals surface area contributed by atoms with Crippen molar-refractivity contribution in [3.8, 4) is 17.6 Å². The molecular formula is C25H21Cl2N5O5. The van der Waals surface area contributed by atoms with Crippen LogP contribution in [0.25, 0.3) is 21.9 Å². The molecule has 3 aromatic heterocycles. The van der Waals surface area contributed by atoms with Crippen LogP contribution in [0.2, 0.25) is 10.2 Å². The minimum Gasteiger partial charge on any atom is -0.493 e. The van der Waals surface area contributed by atoms with E-state index in [1.165, 1.54) is 19.6 Å². The molecule has 4 aromatic rings. The fourth-order valence-electron chi connectivity index (χ4n) is 4.85. The van der Waals surface area contributed by atoms with Crippen LogP contribution in [0.3, 0.4) is 0 Å². The Hall–Kier alpha value is -3.20. The number of nitrogens with zero attached hydrogens (tertiary/aromatic N) is 5. The number of nitriles is 1. The van der Waals surface area contributed by atoms with Crippen molar-refractivity contribution >= 4 is 45.1 Å². The van der Waals surface area contributed by atoms with E-state index >= 15 is 0 Å². The van der Waals surface area contributed by atoms with E-state index in [0.29, 0.717) is 43.6 Å². The molecule has 2 aliphatic rings. The first-order chi connectivity index (χ1) is 17.8. The van der Waals surface area contributed by atoms with E-state index < -0.39 is 30.3 Å². The number of hydrogen-bond acceptors (Lipinski definition) is 9. The summed E-state index contributed by atoms with van der Waals surface area (Å²) in [5.41, 5.74) is 1.49. The van der Waals surface area contributed by atoms with E-state index in [1.807, 2.05) is 36.7 Å². The Balaban J connectivity index is 1.30. The van der Waals surface area contributed by atoms with E-state index in [2.05, 4.69) is 15.0 Å². The normalized spacial score (nSPS) is 24.3. The molecule has 190 valence electrons. The van der Waals surface area contributed by atoms with Gasteiger partial charge < -0.3 is 28.3 Å². The number of pyridine rings is 1. The molecule has 1 aromatic carbocycles. The number of methoxy groups -OCH3 is 1. The predicted molar refractivity (Wildman–Crippen MR) is 134 cm³/mol. The molecule has 0 radical (unpaired) electrons. The smallest absolute Gasteiger partial charge is 0.164 e. The third kappa shape index (κ3) is 4.04. The second-order valence-corrected chi connectivity index (χ2v) is 9.92. The Bertz CT molecular complexity index is 1570. The molecule has 10 nitrogen and oxygen atoms in total. The largest absolute Gasteiger partial charge is 0.493 e. The molecule has 0 saturated carbocycles. The van der Waals surface area contributed by atoms with E-state index in [9.17, 15) is 5.26 Å². The zero-order chi connectivity index (χ0) is 25.9. The average Bonchev–Trinajstić information content (AvgIpc) is 3.54. The summed E-state index contributed by atoms with van der Waals surface area (Å²) in [6.07, 6.45) is 2.90. The molecule has 2 fully saturated rings. The highest BCUT2D eigenvalue weighted by atomic mass is 35.5. The summed E-state index contributed by atoms with van der Waals surface area (Å²) in [4.78, 5) is 12.8. The van der Waals surface area contributed by atoms with Crippen LogP contribution in [0.15, 0.2) is 36.9 Å². The molecule has 5 heterocycles. The van der Waals surface area contributed by atoms with Crippen molar-refractivity contribution in [2.45, 2.75) is 44.2 Å². The standard InChI is InChI=1S/C25H21Cl2N5O5/c1-25(2)36-20-18(35-24(21(20)37-25)32-5-4-13-22(27)30-11-31-23(13)32)10-34-17-7-15-14(6-16(17)33-3)19(26)12(8-28)9-29-15/h4-7,9,11,18,20-21,24H,10H2,1-3H3/t18-,20-,21-,24-/m1/s1. The van der Waals surface area contributed by atoms with Gasteiger partial charge in [0.25, 0.3) is 0 Å². The predicted octanol–water partition coefficient (Wildman–Crippen LogP) is 4.66. The maximum atomic E-state index is 9.26. The van der Waals surface area contributed by atoms with Gasteiger partial charge in [-0.1, -0.05) is 23.2 Å². The first-order valence-corrected chi connectivity index (χ1v) is 12.2. The Kier molecular flexibility index (Phi) is 5.86. The van der Waals surface area contributed by atoms with Crippen molar-refractivity contribution in [2.75, 3.05) is 13.7 Å². The number of hydrogen-bond donors (Lipinski definition) is 0. The second-order valence-electron chi connectivity index (χ2n) is 9.18. The number of halogens is 2. The summed E-state index contributed by atoms with van der Waals surface area (Å²) < 4.78 is 32.5. The van der Waals surface area contributed by atoms with Crippen molar-refractivity contribution in [3.05, 3.63) is 52.7 Å². The van der Waals surface area contributed by atoms with Gasteiger partial charge in [-0.25, -0.2) is 9.97 Å². The Morgan fingerprint density at radius 2 is 1.92 bits per heavy atom. The quantitative estimate of drug-likeness (QED) is 0.332. The molecular weight excluding hydrogens is 521 g/mol. The molecule has 0 spiro atoms. The van der Waals surface area contributed by atoms with E-state index in [0.717, 1.165) is 0 Å². The topological polar surface area (TPSA) is 114 Å². The lowest BCUT2D eigenvalue weighted by molar-refractivity contribution is -0.198. The minimum absolute atomic E-state index is 0.151. The Morgan fingerprint density at radius 3 is 2.70 bits per heavy atom. The lowest BCUT2D eigenvalue weighted by atomic mass is 10.1. The molecule has 37 heavy (non-hydrogen) atoms. The third-order valence-corrected chi connectivity index (χ3v) is 7.18. The lowest BCUT2D eigenvalue weighted by Crippen LogP contribution is -2.34. The van der Waals surface area contributed by atoms with Crippen molar-refractivity contribution in [3.63, 3.8) is 0 Å². The molecule has 0 unspecified atom stereocenters. The Labute approximate surface area is 221 Å². The maximum Gasteiger partial charge on any atom is 0.164 e. The SMILES string of the molecule is COc1cc2c(Cl)c(C#N)cnc2cc1OC[C@H]1O[C@@H](n2ccc3c(Cl)ncnc32)[C@@H]2OC(C)(C)O[C@@H]21. The highest BCUT2D eigenvalue weighted by Crippen LogP contribution is 2.45. The molecule has 0 bridgehead atoms.